The fourth-order valence-corrected chi connectivity index (χ4v) is 7.40. The predicted molar refractivity (Wildman–Crippen MR) is 166 cm³/mol. The molecule has 236 valence electrons. The summed E-state index contributed by atoms with van der Waals surface area (Å²) in [5.41, 5.74) is -0.562. The van der Waals surface area contributed by atoms with E-state index in [9.17, 15) is 9.59 Å². The van der Waals surface area contributed by atoms with Crippen molar-refractivity contribution in [3.63, 3.8) is 0 Å². The van der Waals surface area contributed by atoms with Gasteiger partial charge in [0.05, 0.1) is 6.61 Å². The topological polar surface area (TPSA) is 68.3 Å². The molecule has 7 heteroatoms. The van der Waals surface area contributed by atoms with Crippen molar-refractivity contribution in [2.75, 3.05) is 13.2 Å². The maximum absolute atomic E-state index is 12.6. The van der Waals surface area contributed by atoms with Crippen LogP contribution in [0.5, 0.6) is 0 Å². The first-order valence-electron chi connectivity index (χ1n) is 15.9. The molecule has 0 spiro atoms. The van der Waals surface area contributed by atoms with Gasteiger partial charge in [-0.1, -0.05) is 37.8 Å². The van der Waals surface area contributed by atoms with Gasteiger partial charge in [0.15, 0.2) is 0 Å². The molecule has 2 aliphatic rings. The van der Waals surface area contributed by atoms with Gasteiger partial charge < -0.3 is 9.47 Å². The fourth-order valence-electron chi connectivity index (χ4n) is 7.40. The molecule has 0 unspecified atom stereocenters. The molecule has 0 radical (unpaired) electrons. The van der Waals surface area contributed by atoms with Gasteiger partial charge in [-0.05, 0) is 68.2 Å². The molecular weight excluding hydrogens is 516 g/mol. The zero-order chi connectivity index (χ0) is 30.9. The summed E-state index contributed by atoms with van der Waals surface area (Å²) in [6.45, 7) is 26.4. The molecule has 2 saturated heterocycles. The third-order valence-electron chi connectivity index (χ3n) is 8.71. The Morgan fingerprint density at radius 3 is 1.44 bits per heavy atom. The molecule has 2 aliphatic heterocycles. The van der Waals surface area contributed by atoms with Gasteiger partial charge in [-0.25, -0.2) is 0 Å². The molecule has 0 N–H and O–H groups in total. The number of nitrogens with zero attached hydrogens (tertiary/aromatic N) is 2. The number of carbonyl (C=O) groups excluding carboxylic acids is 2. The molecule has 7 nitrogen and oxygen atoms in total. The second kappa shape index (κ2) is 15.2. The summed E-state index contributed by atoms with van der Waals surface area (Å²) in [4.78, 5) is 33.5. The summed E-state index contributed by atoms with van der Waals surface area (Å²) in [5, 5.41) is 2.04. The van der Waals surface area contributed by atoms with Crippen molar-refractivity contribution in [3.8, 4) is 0 Å². The first-order chi connectivity index (χ1) is 19.0. The highest BCUT2D eigenvalue weighted by Gasteiger charge is 2.48. The smallest absolute Gasteiger partial charge is 0.306 e. The highest BCUT2D eigenvalue weighted by atomic mass is 16.7. The molecule has 0 bridgehead atoms. The van der Waals surface area contributed by atoms with Crippen LogP contribution in [0.15, 0.2) is 25.3 Å². The number of piperidine rings is 2. The minimum Gasteiger partial charge on any atom is -0.462 e. The minimum atomic E-state index is -0.238. The number of likely N-dealkylation sites (tertiary alicyclic amines) is 1. The molecule has 0 amide bonds. The van der Waals surface area contributed by atoms with E-state index in [1.165, 1.54) is 0 Å². The van der Waals surface area contributed by atoms with Crippen LogP contribution in [0.4, 0.5) is 0 Å². The highest BCUT2D eigenvalue weighted by Crippen LogP contribution is 2.41. The van der Waals surface area contributed by atoms with E-state index in [0.29, 0.717) is 19.4 Å². The average Bonchev–Trinajstić information content (AvgIpc) is 2.81. The molecule has 0 aromatic carbocycles. The zero-order valence-electron chi connectivity index (χ0n) is 27.6. The lowest BCUT2D eigenvalue weighted by Gasteiger charge is -2.54. The van der Waals surface area contributed by atoms with Gasteiger partial charge in [0, 0.05) is 67.2 Å². The van der Waals surface area contributed by atoms with Gasteiger partial charge in [0.25, 0.3) is 0 Å². The predicted octanol–water partition coefficient (Wildman–Crippen LogP) is 7.54. The maximum atomic E-state index is 12.6. The molecule has 0 aromatic heterocycles. The highest BCUT2D eigenvalue weighted by molar-refractivity contribution is 5.69. The van der Waals surface area contributed by atoms with Gasteiger partial charge in [-0.2, -0.15) is 5.06 Å². The van der Waals surface area contributed by atoms with E-state index < -0.39 is 0 Å². The molecule has 0 aliphatic carbocycles. The number of hydrogen-bond acceptors (Lipinski definition) is 7. The summed E-state index contributed by atoms with van der Waals surface area (Å²) in [7, 11) is 0. The molecule has 41 heavy (non-hydrogen) atoms. The minimum absolute atomic E-state index is 0.0383. The molecular formula is C34H60N2O5. The van der Waals surface area contributed by atoms with Crippen molar-refractivity contribution < 1.29 is 23.9 Å². The van der Waals surface area contributed by atoms with Crippen LogP contribution in [0, 0.1) is 0 Å². The number of ether oxygens (including phenoxy) is 2. The summed E-state index contributed by atoms with van der Waals surface area (Å²) in [6, 6.07) is 0. The molecule has 0 saturated carbocycles. The lowest BCUT2D eigenvalue weighted by molar-refractivity contribution is -0.287. The van der Waals surface area contributed by atoms with Gasteiger partial charge in [-0.3, -0.25) is 19.3 Å². The van der Waals surface area contributed by atoms with Crippen LogP contribution >= 0.6 is 0 Å². The second-order valence-corrected chi connectivity index (χ2v) is 14.7. The van der Waals surface area contributed by atoms with E-state index in [4.69, 9.17) is 14.3 Å². The molecule has 2 rings (SSSR count). The Bertz CT molecular complexity index is 842. The van der Waals surface area contributed by atoms with E-state index in [1.54, 1.807) is 6.08 Å². The Kier molecular flexibility index (Phi) is 13.1. The van der Waals surface area contributed by atoms with Crippen LogP contribution in [0.1, 0.15) is 132 Å². The van der Waals surface area contributed by atoms with Crippen LogP contribution in [0.25, 0.3) is 0 Å². The molecule has 2 heterocycles. The Morgan fingerprint density at radius 1 is 0.659 bits per heavy atom. The van der Waals surface area contributed by atoms with Crippen molar-refractivity contribution >= 4 is 11.9 Å². The lowest BCUT2D eigenvalue weighted by Crippen LogP contribution is -2.62. The SMILES string of the molecule is C=CCON1C(C)(C)CC(OC(=O)CCCCCCCCC(=O)OC2CC(C)(C)N(CC=C)C(C)(C)C2)CC1(C)C. The van der Waals surface area contributed by atoms with Crippen molar-refractivity contribution in [2.24, 2.45) is 0 Å². The van der Waals surface area contributed by atoms with Crippen LogP contribution in [0.2, 0.25) is 0 Å². The number of rotatable bonds is 16. The Morgan fingerprint density at radius 2 is 1.05 bits per heavy atom. The number of carbonyl (C=O) groups is 2. The van der Waals surface area contributed by atoms with Gasteiger partial charge in [0.2, 0.25) is 0 Å². The van der Waals surface area contributed by atoms with Gasteiger partial charge >= 0.3 is 11.9 Å². The van der Waals surface area contributed by atoms with Crippen LogP contribution in [-0.2, 0) is 23.9 Å². The number of esters is 2. The Hall–Kier alpha value is -1.70. The van der Waals surface area contributed by atoms with Crippen molar-refractivity contribution in [3.05, 3.63) is 25.3 Å². The number of hydrogen-bond donors (Lipinski definition) is 0. The molecule has 0 aromatic rings. The van der Waals surface area contributed by atoms with Crippen LogP contribution in [-0.4, -0.2) is 69.4 Å². The van der Waals surface area contributed by atoms with Gasteiger partial charge in [-0.15, -0.1) is 13.2 Å². The van der Waals surface area contributed by atoms with E-state index in [-0.39, 0.29) is 46.3 Å². The Balaban J connectivity index is 1.59. The van der Waals surface area contributed by atoms with E-state index in [1.807, 2.05) is 11.1 Å². The summed E-state index contributed by atoms with van der Waals surface area (Å²) >= 11 is 0. The summed E-state index contributed by atoms with van der Waals surface area (Å²) in [5.74, 6) is -0.183. The van der Waals surface area contributed by atoms with Crippen LogP contribution in [0.3, 0.4) is 0 Å². The van der Waals surface area contributed by atoms with Crippen molar-refractivity contribution in [2.45, 2.75) is 167 Å². The summed E-state index contributed by atoms with van der Waals surface area (Å²) in [6.07, 6.45) is 13.5. The average molecular weight is 577 g/mol. The first kappa shape index (κ1) is 35.5. The largest absolute Gasteiger partial charge is 0.462 e. The third-order valence-corrected chi connectivity index (χ3v) is 8.71. The normalized spacial score (nSPS) is 22.6. The number of unbranched alkanes of at least 4 members (excludes halogenated alkanes) is 5. The van der Waals surface area contributed by atoms with E-state index >= 15 is 0 Å². The second-order valence-electron chi connectivity index (χ2n) is 14.7. The van der Waals surface area contributed by atoms with Crippen LogP contribution < -0.4 is 0 Å². The monoisotopic (exact) mass is 576 g/mol. The quantitative estimate of drug-likeness (QED) is 0.107. The Labute approximate surface area is 251 Å². The lowest BCUT2D eigenvalue weighted by atomic mass is 9.78. The van der Waals surface area contributed by atoms with E-state index in [0.717, 1.165) is 70.8 Å². The molecule has 2 fully saturated rings. The number of hydroxylamine groups is 2. The van der Waals surface area contributed by atoms with Crippen molar-refractivity contribution in [1.29, 1.82) is 0 Å². The summed E-state index contributed by atoms with van der Waals surface area (Å²) < 4.78 is 11.8. The third kappa shape index (κ3) is 10.8. The molecule has 0 atom stereocenters. The van der Waals surface area contributed by atoms with Crippen molar-refractivity contribution in [1.82, 2.24) is 9.96 Å². The van der Waals surface area contributed by atoms with E-state index in [2.05, 4.69) is 73.4 Å². The zero-order valence-corrected chi connectivity index (χ0v) is 27.6. The maximum Gasteiger partial charge on any atom is 0.306 e. The van der Waals surface area contributed by atoms with Gasteiger partial charge in [0.1, 0.15) is 12.2 Å². The first-order valence-corrected chi connectivity index (χ1v) is 15.9. The fraction of sp³-hybridized carbons (Fsp3) is 0.824. The standard InChI is InChI=1S/C34H60N2O5/c1-11-21-35-31(3,4)23-27(24-32(35,5)6)40-29(37)19-17-15-13-14-16-18-20-30(38)41-28-25-33(7,8)36(39-22-12-2)34(9,10)26-28/h11-12,27-28H,1-2,13-26H2,3-10H3.